The van der Waals surface area contributed by atoms with E-state index in [1.807, 2.05) is 19.1 Å². The number of hydrogen-bond acceptors (Lipinski definition) is 2. The predicted octanol–water partition coefficient (Wildman–Crippen LogP) is 3.12. The molecule has 0 N–H and O–H groups in total. The SMILES string of the molecule is CCC(=O)c1ccc(CN(CC)CC)cc1. The Morgan fingerprint density at radius 1 is 1.06 bits per heavy atom. The maximum absolute atomic E-state index is 11.4. The Morgan fingerprint density at radius 3 is 2.06 bits per heavy atom. The molecule has 0 bridgehead atoms. The molecule has 0 atom stereocenters. The first kappa shape index (κ1) is 12.9. The highest BCUT2D eigenvalue weighted by Gasteiger charge is 2.04. The highest BCUT2D eigenvalue weighted by atomic mass is 16.1. The van der Waals surface area contributed by atoms with Gasteiger partial charge in [0.25, 0.3) is 0 Å². The van der Waals surface area contributed by atoms with Crippen molar-refractivity contribution in [1.82, 2.24) is 4.90 Å². The van der Waals surface area contributed by atoms with E-state index >= 15 is 0 Å². The summed E-state index contributed by atoms with van der Waals surface area (Å²) in [6.07, 6.45) is 0.579. The van der Waals surface area contributed by atoms with E-state index in [2.05, 4.69) is 30.9 Å². The van der Waals surface area contributed by atoms with E-state index in [-0.39, 0.29) is 5.78 Å². The number of rotatable bonds is 6. The van der Waals surface area contributed by atoms with Crippen LogP contribution in [-0.2, 0) is 6.54 Å². The van der Waals surface area contributed by atoms with Crippen LogP contribution in [0, 0.1) is 0 Å². The lowest BCUT2D eigenvalue weighted by Gasteiger charge is -2.17. The Morgan fingerprint density at radius 2 is 1.62 bits per heavy atom. The van der Waals surface area contributed by atoms with E-state index in [0.717, 1.165) is 25.2 Å². The summed E-state index contributed by atoms with van der Waals surface area (Å²) < 4.78 is 0. The Labute approximate surface area is 98.3 Å². The Hall–Kier alpha value is -1.15. The van der Waals surface area contributed by atoms with E-state index in [4.69, 9.17) is 0 Å². The van der Waals surface area contributed by atoms with Crippen LogP contribution in [0.2, 0.25) is 0 Å². The van der Waals surface area contributed by atoms with Crippen LogP contribution in [0.25, 0.3) is 0 Å². The van der Waals surface area contributed by atoms with E-state index in [9.17, 15) is 4.79 Å². The summed E-state index contributed by atoms with van der Waals surface area (Å²) >= 11 is 0. The zero-order valence-electron chi connectivity index (χ0n) is 10.5. The van der Waals surface area contributed by atoms with Crippen LogP contribution in [-0.4, -0.2) is 23.8 Å². The second-order valence-electron chi connectivity index (χ2n) is 3.94. The molecule has 1 aromatic rings. The first-order valence-electron chi connectivity index (χ1n) is 6.05. The maximum atomic E-state index is 11.4. The number of Topliss-reactive ketones (excluding diaryl/α,β-unsaturated/α-hetero) is 1. The highest BCUT2D eigenvalue weighted by Crippen LogP contribution is 2.09. The largest absolute Gasteiger partial charge is 0.300 e. The molecule has 0 heterocycles. The zero-order valence-corrected chi connectivity index (χ0v) is 10.5. The molecule has 0 amide bonds. The van der Waals surface area contributed by atoms with Crippen molar-refractivity contribution in [2.24, 2.45) is 0 Å². The van der Waals surface area contributed by atoms with Gasteiger partial charge in [0.1, 0.15) is 0 Å². The van der Waals surface area contributed by atoms with Crippen LogP contribution < -0.4 is 0 Å². The van der Waals surface area contributed by atoms with E-state index < -0.39 is 0 Å². The molecule has 0 aliphatic heterocycles. The van der Waals surface area contributed by atoms with Gasteiger partial charge in [0.05, 0.1) is 0 Å². The van der Waals surface area contributed by atoms with Gasteiger partial charge in [-0.2, -0.15) is 0 Å². The smallest absolute Gasteiger partial charge is 0.162 e. The minimum Gasteiger partial charge on any atom is -0.300 e. The van der Waals surface area contributed by atoms with E-state index in [1.165, 1.54) is 5.56 Å². The van der Waals surface area contributed by atoms with E-state index in [1.54, 1.807) is 0 Å². The van der Waals surface area contributed by atoms with Crippen LogP contribution in [0.4, 0.5) is 0 Å². The van der Waals surface area contributed by atoms with Gasteiger partial charge >= 0.3 is 0 Å². The molecule has 2 heteroatoms. The first-order valence-corrected chi connectivity index (χ1v) is 6.05. The highest BCUT2D eigenvalue weighted by molar-refractivity contribution is 5.95. The Bertz CT molecular complexity index is 325. The lowest BCUT2D eigenvalue weighted by Crippen LogP contribution is -2.22. The molecule has 0 radical (unpaired) electrons. The van der Waals surface area contributed by atoms with Crippen molar-refractivity contribution in [3.8, 4) is 0 Å². The fraction of sp³-hybridized carbons (Fsp3) is 0.500. The maximum Gasteiger partial charge on any atom is 0.162 e. The van der Waals surface area contributed by atoms with Gasteiger partial charge in [-0.05, 0) is 18.7 Å². The van der Waals surface area contributed by atoms with Gasteiger partial charge in [-0.3, -0.25) is 9.69 Å². The van der Waals surface area contributed by atoms with Gasteiger partial charge in [-0.15, -0.1) is 0 Å². The summed E-state index contributed by atoms with van der Waals surface area (Å²) in [6.45, 7) is 9.31. The van der Waals surface area contributed by atoms with Gasteiger partial charge in [0.2, 0.25) is 0 Å². The molecule has 1 aromatic carbocycles. The molecule has 0 saturated carbocycles. The van der Waals surface area contributed by atoms with Gasteiger partial charge in [-0.25, -0.2) is 0 Å². The molecule has 2 nitrogen and oxygen atoms in total. The third kappa shape index (κ3) is 3.46. The van der Waals surface area contributed by atoms with Gasteiger partial charge in [0, 0.05) is 18.5 Å². The molecule has 0 fully saturated rings. The molecule has 0 spiro atoms. The molecule has 0 aromatic heterocycles. The minimum atomic E-state index is 0.217. The molecule has 88 valence electrons. The fourth-order valence-electron chi connectivity index (χ4n) is 1.71. The average Bonchev–Trinajstić information content (AvgIpc) is 2.35. The molecule has 0 unspecified atom stereocenters. The zero-order chi connectivity index (χ0) is 12.0. The fourth-order valence-corrected chi connectivity index (χ4v) is 1.71. The number of nitrogens with zero attached hydrogens (tertiary/aromatic N) is 1. The van der Waals surface area contributed by atoms with Crippen LogP contribution >= 0.6 is 0 Å². The van der Waals surface area contributed by atoms with Crippen LogP contribution in [0.1, 0.15) is 43.1 Å². The molecular formula is C14H21NO. The Kier molecular flexibility index (Phi) is 5.20. The standard InChI is InChI=1S/C14H21NO/c1-4-14(16)13-9-7-12(8-10-13)11-15(5-2)6-3/h7-10H,4-6,11H2,1-3H3. The molecule has 0 aliphatic rings. The summed E-state index contributed by atoms with van der Waals surface area (Å²) in [5.74, 6) is 0.217. The summed E-state index contributed by atoms with van der Waals surface area (Å²) in [4.78, 5) is 13.8. The van der Waals surface area contributed by atoms with E-state index in [0.29, 0.717) is 6.42 Å². The van der Waals surface area contributed by atoms with Crippen molar-refractivity contribution >= 4 is 5.78 Å². The third-order valence-corrected chi connectivity index (χ3v) is 2.90. The number of carbonyl (C=O) groups excluding carboxylic acids is 1. The second kappa shape index (κ2) is 6.44. The monoisotopic (exact) mass is 219 g/mol. The number of benzene rings is 1. The molecular weight excluding hydrogens is 198 g/mol. The van der Waals surface area contributed by atoms with Gasteiger partial charge < -0.3 is 0 Å². The molecule has 16 heavy (non-hydrogen) atoms. The van der Waals surface area contributed by atoms with Crippen molar-refractivity contribution in [3.05, 3.63) is 35.4 Å². The van der Waals surface area contributed by atoms with Crippen molar-refractivity contribution in [2.45, 2.75) is 33.7 Å². The lowest BCUT2D eigenvalue weighted by atomic mass is 10.1. The summed E-state index contributed by atoms with van der Waals surface area (Å²) in [5.41, 5.74) is 2.10. The van der Waals surface area contributed by atoms with Crippen molar-refractivity contribution in [3.63, 3.8) is 0 Å². The van der Waals surface area contributed by atoms with Gasteiger partial charge in [-0.1, -0.05) is 45.0 Å². The molecule has 1 rings (SSSR count). The third-order valence-electron chi connectivity index (χ3n) is 2.90. The quantitative estimate of drug-likeness (QED) is 0.685. The number of ketones is 1. The summed E-state index contributed by atoms with van der Waals surface area (Å²) in [5, 5.41) is 0. The first-order chi connectivity index (χ1) is 7.71. The van der Waals surface area contributed by atoms with Crippen LogP contribution in [0.5, 0.6) is 0 Å². The van der Waals surface area contributed by atoms with Crippen LogP contribution in [0.15, 0.2) is 24.3 Å². The van der Waals surface area contributed by atoms with Crippen molar-refractivity contribution in [1.29, 1.82) is 0 Å². The van der Waals surface area contributed by atoms with Crippen LogP contribution in [0.3, 0.4) is 0 Å². The molecule has 0 aliphatic carbocycles. The lowest BCUT2D eigenvalue weighted by molar-refractivity contribution is 0.0988. The summed E-state index contributed by atoms with van der Waals surface area (Å²) in [7, 11) is 0. The second-order valence-corrected chi connectivity index (χ2v) is 3.94. The van der Waals surface area contributed by atoms with Gasteiger partial charge in [0.15, 0.2) is 5.78 Å². The normalized spacial score (nSPS) is 10.8. The molecule has 0 saturated heterocycles. The minimum absolute atomic E-state index is 0.217. The predicted molar refractivity (Wildman–Crippen MR) is 67.7 cm³/mol. The van der Waals surface area contributed by atoms with Crippen molar-refractivity contribution < 1.29 is 4.79 Å². The Balaban J connectivity index is 2.67. The topological polar surface area (TPSA) is 20.3 Å². The average molecular weight is 219 g/mol. The van der Waals surface area contributed by atoms with Crippen molar-refractivity contribution in [2.75, 3.05) is 13.1 Å². The summed E-state index contributed by atoms with van der Waals surface area (Å²) in [6, 6.07) is 7.98. The number of hydrogen-bond donors (Lipinski definition) is 0. The number of carbonyl (C=O) groups is 1.